The molecule has 3 N–H and O–H groups in total. The second-order valence-corrected chi connectivity index (χ2v) is 4.75. The Balaban J connectivity index is 2.23. The summed E-state index contributed by atoms with van der Waals surface area (Å²) in [6.45, 7) is 1.43. The van der Waals surface area contributed by atoms with Crippen molar-refractivity contribution < 1.29 is 9.47 Å². The fourth-order valence-electron chi connectivity index (χ4n) is 2.05. The van der Waals surface area contributed by atoms with Crippen LogP contribution in [0.2, 0.25) is 0 Å². The second kappa shape index (κ2) is 5.79. The van der Waals surface area contributed by atoms with E-state index in [1.54, 1.807) is 14.2 Å². The first-order valence-corrected chi connectivity index (χ1v) is 6.28. The molecule has 100 valence electrons. The topological polar surface area (TPSA) is 85.5 Å². The van der Waals surface area contributed by atoms with Crippen LogP contribution in [0.15, 0.2) is 10.8 Å². The number of nitrogen functional groups attached to an aromatic ring is 1. The molecule has 0 saturated carbocycles. The van der Waals surface area contributed by atoms with Gasteiger partial charge in [0.25, 0.3) is 0 Å². The van der Waals surface area contributed by atoms with Crippen LogP contribution in [0.5, 0.6) is 0 Å². The van der Waals surface area contributed by atoms with E-state index in [0.717, 1.165) is 10.3 Å². The molecule has 1 saturated heterocycles. The number of aromatic nitrogens is 2. The van der Waals surface area contributed by atoms with Crippen molar-refractivity contribution in [2.75, 3.05) is 37.6 Å². The number of hydrazine groups is 1. The van der Waals surface area contributed by atoms with E-state index in [2.05, 4.69) is 36.2 Å². The monoisotopic (exact) mass is 317 g/mol. The van der Waals surface area contributed by atoms with Crippen molar-refractivity contribution >= 4 is 27.6 Å². The van der Waals surface area contributed by atoms with Crippen LogP contribution in [0, 0.1) is 0 Å². The molecule has 2 unspecified atom stereocenters. The number of halogens is 1. The molecule has 1 aliphatic heterocycles. The van der Waals surface area contributed by atoms with Gasteiger partial charge in [-0.1, -0.05) is 0 Å². The molecule has 1 aliphatic rings. The molecule has 0 bridgehead atoms. The van der Waals surface area contributed by atoms with Gasteiger partial charge < -0.3 is 19.8 Å². The number of rotatable bonds is 4. The molecule has 1 aromatic heterocycles. The molecule has 0 radical (unpaired) electrons. The highest BCUT2D eigenvalue weighted by molar-refractivity contribution is 9.10. The van der Waals surface area contributed by atoms with Crippen LogP contribution in [0.4, 0.5) is 11.6 Å². The number of methoxy groups -OCH3 is 2. The van der Waals surface area contributed by atoms with Crippen LogP contribution in [0.25, 0.3) is 0 Å². The van der Waals surface area contributed by atoms with Gasteiger partial charge >= 0.3 is 0 Å². The van der Waals surface area contributed by atoms with Crippen LogP contribution >= 0.6 is 15.9 Å². The summed E-state index contributed by atoms with van der Waals surface area (Å²) >= 11 is 3.44. The fourth-order valence-corrected chi connectivity index (χ4v) is 2.62. The van der Waals surface area contributed by atoms with Gasteiger partial charge in [0, 0.05) is 27.3 Å². The summed E-state index contributed by atoms with van der Waals surface area (Å²) in [7, 11) is 3.37. The van der Waals surface area contributed by atoms with Crippen molar-refractivity contribution in [1.29, 1.82) is 0 Å². The molecule has 18 heavy (non-hydrogen) atoms. The second-order valence-electron chi connectivity index (χ2n) is 3.96. The number of hydrogen-bond acceptors (Lipinski definition) is 7. The average molecular weight is 318 g/mol. The van der Waals surface area contributed by atoms with E-state index in [-0.39, 0.29) is 12.2 Å². The van der Waals surface area contributed by atoms with Crippen LogP contribution in [0.3, 0.4) is 0 Å². The van der Waals surface area contributed by atoms with Gasteiger partial charge in [-0.2, -0.15) is 0 Å². The summed E-state index contributed by atoms with van der Waals surface area (Å²) in [5, 5.41) is 0. The molecule has 2 heterocycles. The van der Waals surface area contributed by atoms with Crippen molar-refractivity contribution in [3.8, 4) is 0 Å². The summed E-state index contributed by atoms with van der Waals surface area (Å²) in [4.78, 5) is 10.4. The molecule has 8 heteroatoms. The lowest BCUT2D eigenvalue weighted by Gasteiger charge is -2.18. The van der Waals surface area contributed by atoms with Gasteiger partial charge in [0.2, 0.25) is 0 Å². The van der Waals surface area contributed by atoms with E-state index in [1.165, 1.54) is 6.33 Å². The van der Waals surface area contributed by atoms with Crippen molar-refractivity contribution in [3.05, 3.63) is 10.8 Å². The molecular weight excluding hydrogens is 302 g/mol. The molecule has 0 spiro atoms. The van der Waals surface area contributed by atoms with Crippen LogP contribution in [0.1, 0.15) is 0 Å². The number of anilines is 2. The predicted octanol–water partition coefficient (Wildman–Crippen LogP) is 0.375. The quantitative estimate of drug-likeness (QED) is 0.613. The number of nitrogens with zero attached hydrogens (tertiary/aromatic N) is 3. The summed E-state index contributed by atoms with van der Waals surface area (Å²) in [5.74, 6) is 6.72. The van der Waals surface area contributed by atoms with Gasteiger partial charge in [0.1, 0.15) is 28.8 Å². The Morgan fingerprint density at radius 1 is 1.33 bits per heavy atom. The van der Waals surface area contributed by atoms with Crippen molar-refractivity contribution in [3.63, 3.8) is 0 Å². The summed E-state index contributed by atoms with van der Waals surface area (Å²) in [5.41, 5.74) is 2.52. The molecule has 2 rings (SSSR count). The van der Waals surface area contributed by atoms with E-state index in [9.17, 15) is 0 Å². The molecule has 1 fully saturated rings. The van der Waals surface area contributed by atoms with E-state index >= 15 is 0 Å². The van der Waals surface area contributed by atoms with Gasteiger partial charge in [-0.25, -0.2) is 15.8 Å². The molecule has 0 aliphatic carbocycles. The first kappa shape index (κ1) is 13.5. The third-order valence-corrected chi connectivity index (χ3v) is 3.76. The van der Waals surface area contributed by atoms with Gasteiger partial charge in [-0.05, 0) is 15.9 Å². The lowest BCUT2D eigenvalue weighted by atomic mass is 10.3. The van der Waals surface area contributed by atoms with Crippen LogP contribution in [-0.4, -0.2) is 49.5 Å². The highest BCUT2D eigenvalue weighted by atomic mass is 79.9. The highest BCUT2D eigenvalue weighted by Crippen LogP contribution is 2.31. The normalized spacial score (nSPS) is 23.4. The molecule has 7 nitrogen and oxygen atoms in total. The lowest BCUT2D eigenvalue weighted by Crippen LogP contribution is -2.27. The van der Waals surface area contributed by atoms with Gasteiger partial charge in [-0.3, -0.25) is 0 Å². The molecular formula is C10H16BrN5O2. The average Bonchev–Trinajstić information content (AvgIpc) is 2.82. The summed E-state index contributed by atoms with van der Waals surface area (Å²) < 4.78 is 11.5. The van der Waals surface area contributed by atoms with E-state index in [0.29, 0.717) is 18.9 Å². The van der Waals surface area contributed by atoms with Gasteiger partial charge in [-0.15, -0.1) is 0 Å². The highest BCUT2D eigenvalue weighted by Gasteiger charge is 2.34. The smallest absolute Gasteiger partial charge is 0.159 e. The van der Waals surface area contributed by atoms with Crippen LogP contribution in [-0.2, 0) is 9.47 Å². The number of nitrogens with two attached hydrogens (primary N) is 1. The molecule has 0 aromatic carbocycles. The lowest BCUT2D eigenvalue weighted by molar-refractivity contribution is -0.00461. The minimum atomic E-state index is 0.0335. The minimum Gasteiger partial charge on any atom is -0.377 e. The zero-order valence-corrected chi connectivity index (χ0v) is 11.8. The van der Waals surface area contributed by atoms with E-state index in [4.69, 9.17) is 15.3 Å². The van der Waals surface area contributed by atoms with Crippen molar-refractivity contribution in [1.82, 2.24) is 9.97 Å². The minimum absolute atomic E-state index is 0.0335. The van der Waals surface area contributed by atoms with Gasteiger partial charge in [0.05, 0.1) is 0 Å². The maximum Gasteiger partial charge on any atom is 0.159 e. The van der Waals surface area contributed by atoms with E-state index < -0.39 is 0 Å². The Bertz CT molecular complexity index is 407. The third-order valence-electron chi connectivity index (χ3n) is 3.03. The van der Waals surface area contributed by atoms with Crippen molar-refractivity contribution in [2.24, 2.45) is 5.84 Å². The zero-order valence-electron chi connectivity index (χ0n) is 10.3. The molecule has 0 amide bonds. The maximum atomic E-state index is 5.40. The molecule has 2 atom stereocenters. The maximum absolute atomic E-state index is 5.40. The Morgan fingerprint density at radius 2 is 1.94 bits per heavy atom. The third kappa shape index (κ3) is 2.41. The Labute approximate surface area is 114 Å². The summed E-state index contributed by atoms with van der Waals surface area (Å²) in [6.07, 6.45) is 1.54. The first-order valence-electron chi connectivity index (χ1n) is 5.49. The number of nitrogens with one attached hydrogen (secondary N) is 1. The van der Waals surface area contributed by atoms with Crippen molar-refractivity contribution in [2.45, 2.75) is 12.2 Å². The SMILES string of the molecule is COC1CN(c2ncnc(NN)c2Br)CC1OC. The molecule has 1 aromatic rings. The van der Waals surface area contributed by atoms with E-state index in [1.807, 2.05) is 0 Å². The van der Waals surface area contributed by atoms with Crippen LogP contribution < -0.4 is 16.2 Å². The largest absolute Gasteiger partial charge is 0.377 e. The number of ether oxygens (including phenoxy) is 2. The predicted molar refractivity (Wildman–Crippen MR) is 71.3 cm³/mol. The zero-order chi connectivity index (χ0) is 13.1. The standard InChI is InChI=1S/C10H16BrN5O2/c1-17-6-3-16(4-7(6)18-2)10-8(11)9(15-12)13-5-14-10/h5-7H,3-4,12H2,1-2H3,(H,13,14,15). The van der Waals surface area contributed by atoms with Gasteiger partial charge in [0.15, 0.2) is 5.82 Å². The Kier molecular flexibility index (Phi) is 4.33. The first-order chi connectivity index (χ1) is 8.71. The number of hydrogen-bond donors (Lipinski definition) is 2. The Hall–Kier alpha value is -0.960. The fraction of sp³-hybridized carbons (Fsp3) is 0.600. The Morgan fingerprint density at radius 3 is 2.44 bits per heavy atom. The summed E-state index contributed by atoms with van der Waals surface area (Å²) in [6, 6.07) is 0.